The molecule has 1 fully saturated rings. The third kappa shape index (κ3) is 4.00. The van der Waals surface area contributed by atoms with Crippen LogP contribution in [0.4, 0.5) is 11.5 Å². The van der Waals surface area contributed by atoms with Crippen molar-refractivity contribution in [1.29, 1.82) is 0 Å². The maximum absolute atomic E-state index is 13.4. The number of hydrogen-bond donors (Lipinski definition) is 0. The molecule has 8 nitrogen and oxygen atoms in total. The van der Waals surface area contributed by atoms with Gasteiger partial charge in [-0.1, -0.05) is 0 Å². The van der Waals surface area contributed by atoms with Crippen molar-refractivity contribution in [3.8, 4) is 11.4 Å². The average molecular weight is 402 g/mol. The summed E-state index contributed by atoms with van der Waals surface area (Å²) >= 11 is 0. The quantitative estimate of drug-likeness (QED) is 0.730. The van der Waals surface area contributed by atoms with Gasteiger partial charge in [-0.15, -0.1) is 0 Å². The van der Waals surface area contributed by atoms with Crippen LogP contribution in [0.15, 0.2) is 17.1 Å². The van der Waals surface area contributed by atoms with E-state index in [1.807, 2.05) is 38.9 Å². The number of anilines is 2. The molecule has 0 aromatic carbocycles. The molecule has 0 saturated carbocycles. The minimum absolute atomic E-state index is 0.0681. The summed E-state index contributed by atoms with van der Waals surface area (Å²) in [5.41, 5.74) is 3.14. The largest absolute Gasteiger partial charge is 0.383 e. The highest BCUT2D eigenvalue weighted by Crippen LogP contribution is 2.29. The summed E-state index contributed by atoms with van der Waals surface area (Å²) in [7, 11) is 9.06. The van der Waals surface area contributed by atoms with E-state index in [1.165, 1.54) is 0 Å². The van der Waals surface area contributed by atoms with Gasteiger partial charge in [-0.25, -0.2) is 9.97 Å². The van der Waals surface area contributed by atoms with Crippen LogP contribution in [0.2, 0.25) is 0 Å². The Labute approximate surface area is 172 Å². The van der Waals surface area contributed by atoms with Crippen LogP contribution in [0.3, 0.4) is 0 Å². The summed E-state index contributed by atoms with van der Waals surface area (Å²) < 4.78 is 12.5. The van der Waals surface area contributed by atoms with Gasteiger partial charge in [-0.05, 0) is 31.9 Å². The summed E-state index contributed by atoms with van der Waals surface area (Å²) in [5.74, 6) is 1.49. The fraction of sp³-hybridized carbons (Fsp3) is 0.571. The molecule has 0 amide bonds. The van der Waals surface area contributed by atoms with Crippen LogP contribution in [0.1, 0.15) is 17.7 Å². The van der Waals surface area contributed by atoms with E-state index in [9.17, 15) is 4.79 Å². The lowest BCUT2D eigenvalue weighted by Gasteiger charge is -2.27. The highest BCUT2D eigenvalue weighted by atomic mass is 16.5. The van der Waals surface area contributed by atoms with Crippen molar-refractivity contribution in [2.45, 2.75) is 32.4 Å². The maximum Gasteiger partial charge on any atom is 0.277 e. The Morgan fingerprint density at radius 1 is 1.28 bits per heavy atom. The van der Waals surface area contributed by atoms with Gasteiger partial charge in [0.1, 0.15) is 17.3 Å². The molecule has 158 valence electrons. The van der Waals surface area contributed by atoms with Gasteiger partial charge in [0.2, 0.25) is 0 Å². The first-order valence-corrected chi connectivity index (χ1v) is 9.78. The molecule has 0 unspecified atom stereocenters. The fourth-order valence-electron chi connectivity index (χ4n) is 3.96. The number of aryl methyl sites for hydroxylation is 2. The lowest BCUT2D eigenvalue weighted by atomic mass is 10.1. The number of ether oxygens (including phenoxy) is 2. The summed E-state index contributed by atoms with van der Waals surface area (Å²) in [6.45, 7) is 5.10. The van der Waals surface area contributed by atoms with Crippen molar-refractivity contribution < 1.29 is 9.47 Å². The van der Waals surface area contributed by atoms with Gasteiger partial charge in [0.15, 0.2) is 0 Å². The van der Waals surface area contributed by atoms with Crippen molar-refractivity contribution in [1.82, 2.24) is 14.5 Å². The Morgan fingerprint density at radius 3 is 2.59 bits per heavy atom. The zero-order chi connectivity index (χ0) is 21.3. The maximum atomic E-state index is 13.4. The molecule has 2 aromatic rings. The minimum Gasteiger partial charge on any atom is -0.383 e. The molecular formula is C21H31N5O3. The van der Waals surface area contributed by atoms with E-state index < -0.39 is 0 Å². The summed E-state index contributed by atoms with van der Waals surface area (Å²) in [5, 5.41) is 0. The second-order valence-corrected chi connectivity index (χ2v) is 7.84. The third-order valence-electron chi connectivity index (χ3n) is 5.59. The molecule has 1 saturated heterocycles. The molecule has 0 N–H and O–H groups in total. The summed E-state index contributed by atoms with van der Waals surface area (Å²) in [6, 6.07) is 2.09. The van der Waals surface area contributed by atoms with Gasteiger partial charge >= 0.3 is 0 Å². The first kappa shape index (κ1) is 21.3. The van der Waals surface area contributed by atoms with Crippen LogP contribution in [0.5, 0.6) is 0 Å². The van der Waals surface area contributed by atoms with Crippen molar-refractivity contribution in [2.24, 2.45) is 7.05 Å². The van der Waals surface area contributed by atoms with Crippen LogP contribution < -0.4 is 15.4 Å². The van der Waals surface area contributed by atoms with E-state index in [4.69, 9.17) is 14.5 Å². The van der Waals surface area contributed by atoms with E-state index >= 15 is 0 Å². The van der Waals surface area contributed by atoms with Gasteiger partial charge in [-0.2, -0.15) is 0 Å². The second-order valence-electron chi connectivity index (χ2n) is 7.84. The topological polar surface area (TPSA) is 72.7 Å². The van der Waals surface area contributed by atoms with Gasteiger partial charge in [-0.3, -0.25) is 9.36 Å². The monoisotopic (exact) mass is 401 g/mol. The number of rotatable bonds is 6. The molecule has 8 heteroatoms. The van der Waals surface area contributed by atoms with Crippen molar-refractivity contribution >= 4 is 11.5 Å². The summed E-state index contributed by atoms with van der Waals surface area (Å²) in [6.07, 6.45) is 2.68. The van der Waals surface area contributed by atoms with Gasteiger partial charge in [0, 0.05) is 53.7 Å². The molecule has 1 aliphatic rings. The zero-order valence-corrected chi connectivity index (χ0v) is 18.4. The van der Waals surface area contributed by atoms with E-state index in [2.05, 4.69) is 9.88 Å². The molecule has 29 heavy (non-hydrogen) atoms. The normalized spacial score (nSPS) is 19.1. The first-order valence-electron chi connectivity index (χ1n) is 9.78. The second kappa shape index (κ2) is 8.51. The Morgan fingerprint density at radius 2 is 2.00 bits per heavy atom. The molecule has 3 rings (SSSR count). The van der Waals surface area contributed by atoms with Crippen LogP contribution in [0, 0.1) is 13.8 Å². The van der Waals surface area contributed by atoms with E-state index in [-0.39, 0.29) is 17.7 Å². The number of methoxy groups -OCH3 is 2. The molecule has 2 aromatic heterocycles. The lowest BCUT2D eigenvalue weighted by molar-refractivity contribution is 0.111. The molecule has 0 aliphatic carbocycles. The zero-order valence-electron chi connectivity index (χ0n) is 18.4. The standard InChI is InChI=1S/C21H31N5O3/c1-13-8-18(24(3)4)22-10-17(13)20-23-14(2)19(21(27)25(20)5)26-11-16(29-7)9-15(26)12-28-6/h8,10,15-16H,9,11-12H2,1-7H3/t15-,16+/m0/s1. The summed E-state index contributed by atoms with van der Waals surface area (Å²) in [4.78, 5) is 26.7. The average Bonchev–Trinajstić information content (AvgIpc) is 3.08. The highest BCUT2D eigenvalue weighted by Gasteiger charge is 2.35. The van der Waals surface area contributed by atoms with Gasteiger partial charge in [0.25, 0.3) is 5.56 Å². The molecule has 0 spiro atoms. The SMILES string of the molecule is COC[C@@H]1C[C@@H](OC)CN1c1c(C)nc(-c2cnc(N(C)C)cc2C)n(C)c1=O. The Kier molecular flexibility index (Phi) is 6.24. The number of pyridine rings is 1. The van der Waals surface area contributed by atoms with Crippen LogP contribution in [-0.4, -0.2) is 68.1 Å². The molecule has 0 bridgehead atoms. The lowest BCUT2D eigenvalue weighted by Crippen LogP contribution is -2.39. The van der Waals surface area contributed by atoms with Gasteiger partial charge < -0.3 is 19.3 Å². The molecule has 3 heterocycles. The first-order chi connectivity index (χ1) is 13.8. The highest BCUT2D eigenvalue weighted by molar-refractivity contribution is 5.64. The Bertz CT molecular complexity index is 941. The number of hydrogen-bond acceptors (Lipinski definition) is 7. The van der Waals surface area contributed by atoms with E-state index in [1.54, 1.807) is 32.0 Å². The Balaban J connectivity index is 2.07. The van der Waals surface area contributed by atoms with Crippen molar-refractivity contribution in [3.63, 3.8) is 0 Å². The number of nitrogens with zero attached hydrogens (tertiary/aromatic N) is 5. The third-order valence-corrected chi connectivity index (χ3v) is 5.59. The van der Waals surface area contributed by atoms with E-state index in [0.29, 0.717) is 30.4 Å². The van der Waals surface area contributed by atoms with Gasteiger partial charge in [0.05, 0.1) is 24.4 Å². The van der Waals surface area contributed by atoms with Crippen LogP contribution in [0.25, 0.3) is 11.4 Å². The fourth-order valence-corrected chi connectivity index (χ4v) is 3.96. The van der Waals surface area contributed by atoms with Crippen molar-refractivity contribution in [2.75, 3.05) is 51.3 Å². The molecular weight excluding hydrogens is 370 g/mol. The molecule has 1 aliphatic heterocycles. The number of aromatic nitrogens is 3. The van der Waals surface area contributed by atoms with Crippen LogP contribution >= 0.6 is 0 Å². The Hall–Kier alpha value is -2.45. The van der Waals surface area contributed by atoms with Crippen LogP contribution in [-0.2, 0) is 16.5 Å². The smallest absolute Gasteiger partial charge is 0.277 e. The molecule has 0 radical (unpaired) electrons. The van der Waals surface area contributed by atoms with E-state index in [0.717, 1.165) is 23.4 Å². The minimum atomic E-state index is -0.0681. The predicted molar refractivity (Wildman–Crippen MR) is 115 cm³/mol. The molecule has 2 atom stereocenters. The predicted octanol–water partition coefficient (Wildman–Crippen LogP) is 1.77. The van der Waals surface area contributed by atoms with Crippen molar-refractivity contribution in [3.05, 3.63) is 33.9 Å².